The number of Topliss-reactive ketones (excluding diaryl/α,β-unsaturated/α-hetero) is 1. The van der Waals surface area contributed by atoms with E-state index >= 15 is 0 Å². The van der Waals surface area contributed by atoms with E-state index in [1.807, 2.05) is 32.9 Å². The van der Waals surface area contributed by atoms with Crippen LogP contribution in [0.2, 0.25) is 0 Å². The van der Waals surface area contributed by atoms with E-state index in [2.05, 4.69) is 0 Å². The van der Waals surface area contributed by atoms with Gasteiger partial charge in [0.05, 0.1) is 0 Å². The molecular formula is C22H20O6. The smallest absolute Gasteiger partial charge is 0.344 e. The first kappa shape index (κ1) is 19.4. The van der Waals surface area contributed by atoms with Crippen molar-refractivity contribution < 1.29 is 23.5 Å². The van der Waals surface area contributed by atoms with Crippen molar-refractivity contribution in [2.75, 3.05) is 13.2 Å². The summed E-state index contributed by atoms with van der Waals surface area (Å²) in [5, 5.41) is 0.786. The third-order valence-corrected chi connectivity index (χ3v) is 4.34. The summed E-state index contributed by atoms with van der Waals surface area (Å²) < 4.78 is 15.5. The molecule has 1 heterocycles. The Labute approximate surface area is 161 Å². The molecule has 0 saturated carbocycles. The van der Waals surface area contributed by atoms with Crippen LogP contribution in [0.4, 0.5) is 0 Å². The Morgan fingerprint density at radius 2 is 1.71 bits per heavy atom. The molecule has 3 aromatic rings. The fraction of sp³-hybridized carbons (Fsp3) is 0.227. The standard InChI is InChI=1S/C22H20O6/c1-13-4-5-14(2)18(8-13)19(23)11-27-22(25)12-26-16-6-7-17-15(3)9-21(24)28-20(17)10-16/h4-10H,11-12H2,1-3H3. The van der Waals surface area contributed by atoms with E-state index in [1.54, 1.807) is 18.2 Å². The lowest BCUT2D eigenvalue weighted by Gasteiger charge is -2.09. The lowest BCUT2D eigenvalue weighted by Crippen LogP contribution is -2.20. The van der Waals surface area contributed by atoms with E-state index < -0.39 is 11.6 Å². The summed E-state index contributed by atoms with van der Waals surface area (Å²) in [7, 11) is 0. The van der Waals surface area contributed by atoms with Gasteiger partial charge in [0, 0.05) is 23.1 Å². The Hall–Kier alpha value is -3.41. The van der Waals surface area contributed by atoms with E-state index in [0.717, 1.165) is 22.1 Å². The van der Waals surface area contributed by atoms with Crippen molar-refractivity contribution in [2.24, 2.45) is 0 Å². The van der Waals surface area contributed by atoms with Crippen molar-refractivity contribution in [3.63, 3.8) is 0 Å². The number of aryl methyl sites for hydroxylation is 3. The molecule has 0 saturated heterocycles. The minimum atomic E-state index is -0.663. The Balaban J connectivity index is 1.58. The highest BCUT2D eigenvalue weighted by Crippen LogP contribution is 2.22. The van der Waals surface area contributed by atoms with Crippen LogP contribution in [0, 0.1) is 20.8 Å². The minimum Gasteiger partial charge on any atom is -0.482 e. The van der Waals surface area contributed by atoms with Crippen LogP contribution >= 0.6 is 0 Å². The lowest BCUT2D eigenvalue weighted by atomic mass is 10.0. The van der Waals surface area contributed by atoms with Gasteiger partial charge in [0.1, 0.15) is 11.3 Å². The summed E-state index contributed by atoms with van der Waals surface area (Å²) in [5.74, 6) is -0.569. The number of esters is 1. The number of carbonyl (C=O) groups is 2. The van der Waals surface area contributed by atoms with Crippen LogP contribution in [0.25, 0.3) is 11.0 Å². The number of hydrogen-bond acceptors (Lipinski definition) is 6. The number of fused-ring (bicyclic) bond motifs is 1. The minimum absolute atomic E-state index is 0.266. The highest BCUT2D eigenvalue weighted by molar-refractivity contribution is 5.99. The fourth-order valence-corrected chi connectivity index (χ4v) is 2.84. The van der Waals surface area contributed by atoms with E-state index in [-0.39, 0.29) is 19.0 Å². The molecule has 1 aromatic heterocycles. The van der Waals surface area contributed by atoms with Crippen molar-refractivity contribution in [1.82, 2.24) is 0 Å². The molecule has 2 aromatic carbocycles. The third kappa shape index (κ3) is 4.46. The summed E-state index contributed by atoms with van der Waals surface area (Å²) >= 11 is 0. The summed E-state index contributed by atoms with van der Waals surface area (Å²) in [6, 6.07) is 11.9. The van der Waals surface area contributed by atoms with Crippen LogP contribution in [0.5, 0.6) is 5.75 Å². The van der Waals surface area contributed by atoms with Gasteiger partial charge in [-0.2, -0.15) is 0 Å². The average molecular weight is 380 g/mol. The van der Waals surface area contributed by atoms with Gasteiger partial charge in [-0.05, 0) is 50.1 Å². The highest BCUT2D eigenvalue weighted by atomic mass is 16.6. The number of rotatable bonds is 6. The maximum Gasteiger partial charge on any atom is 0.344 e. The molecule has 0 fully saturated rings. The lowest BCUT2D eigenvalue weighted by molar-refractivity contribution is -0.144. The summed E-state index contributed by atoms with van der Waals surface area (Å²) in [6.07, 6.45) is 0. The fourth-order valence-electron chi connectivity index (χ4n) is 2.84. The van der Waals surface area contributed by atoms with Crippen LogP contribution in [-0.2, 0) is 9.53 Å². The molecule has 0 N–H and O–H groups in total. The van der Waals surface area contributed by atoms with Gasteiger partial charge in [-0.3, -0.25) is 4.79 Å². The van der Waals surface area contributed by atoms with Gasteiger partial charge in [-0.15, -0.1) is 0 Å². The molecule has 3 rings (SSSR count). The maximum absolute atomic E-state index is 12.2. The summed E-state index contributed by atoms with van der Waals surface area (Å²) in [4.78, 5) is 35.6. The van der Waals surface area contributed by atoms with E-state index in [9.17, 15) is 14.4 Å². The van der Waals surface area contributed by atoms with Gasteiger partial charge in [0.15, 0.2) is 13.2 Å². The van der Waals surface area contributed by atoms with Gasteiger partial charge >= 0.3 is 11.6 Å². The zero-order valence-electron chi connectivity index (χ0n) is 15.9. The van der Waals surface area contributed by atoms with Gasteiger partial charge in [-0.25, -0.2) is 9.59 Å². The highest BCUT2D eigenvalue weighted by Gasteiger charge is 2.13. The van der Waals surface area contributed by atoms with Crippen LogP contribution in [0.3, 0.4) is 0 Å². The molecular weight excluding hydrogens is 360 g/mol. The van der Waals surface area contributed by atoms with Crippen LogP contribution < -0.4 is 10.4 Å². The predicted molar refractivity (Wildman–Crippen MR) is 104 cm³/mol. The predicted octanol–water partition coefficient (Wildman–Crippen LogP) is 3.52. The number of carbonyl (C=O) groups excluding carboxylic acids is 2. The van der Waals surface area contributed by atoms with Gasteiger partial charge in [0.25, 0.3) is 0 Å². The maximum atomic E-state index is 12.2. The molecule has 0 aliphatic rings. The molecule has 0 aliphatic heterocycles. The zero-order chi connectivity index (χ0) is 20.3. The Bertz CT molecular complexity index is 1110. The molecule has 6 nitrogen and oxygen atoms in total. The first-order chi connectivity index (χ1) is 13.3. The van der Waals surface area contributed by atoms with E-state index in [1.165, 1.54) is 12.1 Å². The molecule has 0 spiro atoms. The largest absolute Gasteiger partial charge is 0.482 e. The SMILES string of the molecule is Cc1ccc(C)c(C(=O)COC(=O)COc2ccc3c(C)cc(=O)oc3c2)c1. The van der Waals surface area contributed by atoms with Crippen molar-refractivity contribution >= 4 is 22.7 Å². The normalized spacial score (nSPS) is 10.7. The third-order valence-electron chi connectivity index (χ3n) is 4.34. The monoisotopic (exact) mass is 380 g/mol. The van der Waals surface area contributed by atoms with E-state index in [4.69, 9.17) is 13.9 Å². The molecule has 0 radical (unpaired) electrons. The van der Waals surface area contributed by atoms with Gasteiger partial charge in [0.2, 0.25) is 5.78 Å². The topological polar surface area (TPSA) is 82.8 Å². The number of hydrogen-bond donors (Lipinski definition) is 0. The Morgan fingerprint density at radius 1 is 0.929 bits per heavy atom. The van der Waals surface area contributed by atoms with Crippen LogP contribution in [-0.4, -0.2) is 25.0 Å². The van der Waals surface area contributed by atoms with Crippen molar-refractivity contribution in [1.29, 1.82) is 0 Å². The van der Waals surface area contributed by atoms with Gasteiger partial charge in [-0.1, -0.05) is 17.7 Å². The van der Waals surface area contributed by atoms with E-state index in [0.29, 0.717) is 16.9 Å². The van der Waals surface area contributed by atoms with Crippen molar-refractivity contribution in [3.8, 4) is 5.75 Å². The molecule has 0 aliphatic carbocycles. The molecule has 0 atom stereocenters. The van der Waals surface area contributed by atoms with Crippen molar-refractivity contribution in [3.05, 3.63) is 75.1 Å². The number of benzene rings is 2. The summed E-state index contributed by atoms with van der Waals surface area (Å²) in [5.41, 5.74) is 3.04. The van der Waals surface area contributed by atoms with Crippen LogP contribution in [0.1, 0.15) is 27.0 Å². The van der Waals surface area contributed by atoms with Gasteiger partial charge < -0.3 is 13.9 Å². The molecule has 0 bridgehead atoms. The summed E-state index contributed by atoms with van der Waals surface area (Å²) in [6.45, 7) is 4.82. The second-order valence-electron chi connectivity index (χ2n) is 6.60. The second kappa shape index (κ2) is 8.08. The van der Waals surface area contributed by atoms with Crippen LogP contribution in [0.15, 0.2) is 51.7 Å². The Morgan fingerprint density at radius 3 is 2.50 bits per heavy atom. The average Bonchev–Trinajstić information content (AvgIpc) is 2.65. The van der Waals surface area contributed by atoms with Crippen molar-refractivity contribution in [2.45, 2.75) is 20.8 Å². The zero-order valence-corrected chi connectivity index (χ0v) is 15.9. The Kier molecular flexibility index (Phi) is 5.59. The molecule has 144 valence electrons. The first-order valence-corrected chi connectivity index (χ1v) is 8.77. The molecule has 28 heavy (non-hydrogen) atoms. The molecule has 6 heteroatoms. The molecule has 0 unspecified atom stereocenters. The number of ketones is 1. The quantitative estimate of drug-likeness (QED) is 0.370. The first-order valence-electron chi connectivity index (χ1n) is 8.77. The molecule has 0 amide bonds. The second-order valence-corrected chi connectivity index (χ2v) is 6.60. The number of ether oxygens (including phenoxy) is 2.